The largest absolute Gasteiger partial charge is 0.345 e. The van der Waals surface area contributed by atoms with Crippen LogP contribution in [0.25, 0.3) is 0 Å². The molecule has 4 heteroatoms. The molecule has 0 saturated heterocycles. The minimum atomic E-state index is -2.40. The Morgan fingerprint density at radius 3 is 1.50 bits per heavy atom. The minimum absolute atomic E-state index is 0.0764. The van der Waals surface area contributed by atoms with Crippen molar-refractivity contribution < 1.29 is 15.3 Å². The zero-order chi connectivity index (χ0) is 5.21. The van der Waals surface area contributed by atoms with E-state index in [9.17, 15) is 0 Å². The molecule has 0 heterocycles. The first-order chi connectivity index (χ1) is 2.56. The summed E-state index contributed by atoms with van der Waals surface area (Å²) in [6, 6.07) is 0. The molecule has 36 valence electrons. The van der Waals surface area contributed by atoms with E-state index in [-0.39, 0.29) is 5.28 Å². The van der Waals surface area contributed by atoms with Crippen LogP contribution in [-0.2, 0) is 0 Å². The maximum Gasteiger partial charge on any atom is 0.262 e. The lowest BCUT2D eigenvalue weighted by atomic mass is 10.7. The number of hydrogen-bond donors (Lipinski definition) is 3. The molecule has 0 unspecified atom stereocenters. The average molecular weight is 106 g/mol. The Bertz CT molecular complexity index is 38.5. The van der Waals surface area contributed by atoms with Gasteiger partial charge in [0.15, 0.2) is 0 Å². The van der Waals surface area contributed by atoms with E-state index in [1.165, 1.54) is 0 Å². The fourth-order valence-corrected chi connectivity index (χ4v) is 0. The van der Waals surface area contributed by atoms with Crippen LogP contribution < -0.4 is 0 Å². The maximum atomic E-state index is 7.97. The van der Waals surface area contributed by atoms with Crippen LogP contribution in [-0.4, -0.2) is 37.6 Å². The van der Waals surface area contributed by atoms with E-state index in [4.69, 9.17) is 15.3 Å². The van der Waals surface area contributed by atoms with Gasteiger partial charge >= 0.3 is 0 Å². The SMILES string of the molecule is OC(O)(O)[CH2][AlH2]. The Hall–Kier alpha value is 0.412. The molecule has 0 aromatic heterocycles. The first-order valence-electron chi connectivity index (χ1n) is 1.73. The van der Waals surface area contributed by atoms with Gasteiger partial charge in [-0.1, -0.05) is 0 Å². The first kappa shape index (κ1) is 6.41. The van der Waals surface area contributed by atoms with E-state index in [0.29, 0.717) is 16.3 Å². The normalized spacial score (nSPS) is 11.8. The predicted octanol–water partition coefficient (Wildman–Crippen LogP) is -2.33. The Labute approximate surface area is 43.6 Å². The van der Waals surface area contributed by atoms with Crippen LogP contribution in [0, 0.1) is 0 Å². The molecule has 0 aliphatic heterocycles. The van der Waals surface area contributed by atoms with Crippen molar-refractivity contribution in [2.45, 2.75) is 11.3 Å². The summed E-state index contributed by atoms with van der Waals surface area (Å²) >= 11 is 0.598. The van der Waals surface area contributed by atoms with Gasteiger partial charge < -0.3 is 15.3 Å². The molecule has 3 N–H and O–H groups in total. The fraction of sp³-hybridized carbons (Fsp3) is 1.00. The Morgan fingerprint density at radius 1 is 1.33 bits per heavy atom. The molecule has 0 aromatic rings. The molecule has 0 atom stereocenters. The summed E-state index contributed by atoms with van der Waals surface area (Å²) in [6.07, 6.45) is 0. The van der Waals surface area contributed by atoms with Gasteiger partial charge in [-0.3, -0.25) is 0 Å². The molecule has 0 amide bonds. The molecule has 0 rings (SSSR count). The molecule has 0 bridgehead atoms. The van der Waals surface area contributed by atoms with Gasteiger partial charge in [0.05, 0.1) is 0 Å². The van der Waals surface area contributed by atoms with Crippen molar-refractivity contribution in [3.05, 3.63) is 0 Å². The van der Waals surface area contributed by atoms with Crippen LogP contribution in [0.4, 0.5) is 0 Å². The second kappa shape index (κ2) is 1.92. The van der Waals surface area contributed by atoms with Gasteiger partial charge in [-0.2, -0.15) is 0 Å². The smallest absolute Gasteiger partial charge is 0.262 e. The van der Waals surface area contributed by atoms with E-state index < -0.39 is 5.97 Å². The number of hydrogen-bond acceptors (Lipinski definition) is 3. The van der Waals surface area contributed by atoms with Crippen LogP contribution in [0.5, 0.6) is 0 Å². The predicted molar refractivity (Wildman–Crippen MR) is 22.7 cm³/mol. The van der Waals surface area contributed by atoms with Gasteiger partial charge in [0.1, 0.15) is 0 Å². The maximum absolute atomic E-state index is 7.97. The van der Waals surface area contributed by atoms with Gasteiger partial charge in [-0.25, -0.2) is 0 Å². The van der Waals surface area contributed by atoms with E-state index in [2.05, 4.69) is 0 Å². The summed E-state index contributed by atoms with van der Waals surface area (Å²) in [5, 5.41) is 24.0. The van der Waals surface area contributed by atoms with Crippen molar-refractivity contribution in [1.82, 2.24) is 0 Å². The van der Waals surface area contributed by atoms with Gasteiger partial charge in [0.25, 0.3) is 5.97 Å². The average Bonchev–Trinajstić information content (AvgIpc) is 1.35. The fourth-order valence-electron chi connectivity index (χ4n) is 0. The molecule has 0 radical (unpaired) electrons. The molecule has 6 heavy (non-hydrogen) atoms. The quantitative estimate of drug-likeness (QED) is 0.259. The summed E-state index contributed by atoms with van der Waals surface area (Å²) < 4.78 is 0. The number of aliphatic hydroxyl groups is 3. The third kappa shape index (κ3) is 4.41. The first-order valence-corrected chi connectivity index (χ1v) is 3.15. The summed E-state index contributed by atoms with van der Waals surface area (Å²) in [6.45, 7) is 0. The lowest BCUT2D eigenvalue weighted by molar-refractivity contribution is -0.296. The highest BCUT2D eigenvalue weighted by atomic mass is 27.0. The van der Waals surface area contributed by atoms with Gasteiger partial charge in [0.2, 0.25) is 16.3 Å². The summed E-state index contributed by atoms with van der Waals surface area (Å²) in [7, 11) is 0. The van der Waals surface area contributed by atoms with Crippen LogP contribution in [0.2, 0.25) is 5.28 Å². The van der Waals surface area contributed by atoms with Crippen molar-refractivity contribution in [3.8, 4) is 0 Å². The lowest BCUT2D eigenvalue weighted by Crippen LogP contribution is -2.25. The molecule has 0 aliphatic carbocycles. The van der Waals surface area contributed by atoms with Gasteiger partial charge in [-0.15, -0.1) is 0 Å². The molecule has 0 aliphatic rings. The zero-order valence-corrected chi connectivity index (χ0v) is 5.55. The Kier molecular flexibility index (Phi) is 2.05. The second-order valence-electron chi connectivity index (χ2n) is 1.13. The Morgan fingerprint density at radius 2 is 1.50 bits per heavy atom. The van der Waals surface area contributed by atoms with Crippen molar-refractivity contribution in [3.63, 3.8) is 0 Å². The topological polar surface area (TPSA) is 60.7 Å². The highest BCUT2D eigenvalue weighted by molar-refractivity contribution is 6.08. The lowest BCUT2D eigenvalue weighted by Gasteiger charge is -2.08. The molecule has 0 saturated carbocycles. The number of rotatable bonds is 1. The molecule has 0 aromatic carbocycles. The van der Waals surface area contributed by atoms with Crippen LogP contribution in [0.3, 0.4) is 0 Å². The van der Waals surface area contributed by atoms with Crippen molar-refractivity contribution in [2.24, 2.45) is 0 Å². The monoisotopic (exact) mass is 106 g/mol. The highest BCUT2D eigenvalue weighted by Gasteiger charge is 2.11. The third-order valence-electron chi connectivity index (χ3n) is 0.474. The van der Waals surface area contributed by atoms with E-state index in [0.717, 1.165) is 0 Å². The summed E-state index contributed by atoms with van der Waals surface area (Å²) in [5.74, 6) is -2.40. The van der Waals surface area contributed by atoms with Crippen LogP contribution in [0.1, 0.15) is 0 Å². The van der Waals surface area contributed by atoms with E-state index in [1.54, 1.807) is 0 Å². The molecular weight excluding hydrogens is 99.0 g/mol. The summed E-state index contributed by atoms with van der Waals surface area (Å²) in [5.41, 5.74) is 0. The van der Waals surface area contributed by atoms with Crippen molar-refractivity contribution >= 4 is 16.3 Å². The molecular formula is C2H7AlO3. The van der Waals surface area contributed by atoms with Crippen molar-refractivity contribution in [2.75, 3.05) is 0 Å². The van der Waals surface area contributed by atoms with Crippen molar-refractivity contribution in [1.29, 1.82) is 0 Å². The van der Waals surface area contributed by atoms with E-state index >= 15 is 0 Å². The molecule has 0 fully saturated rings. The highest BCUT2D eigenvalue weighted by Crippen LogP contribution is 1.93. The Balaban J connectivity index is 3.17. The second-order valence-corrected chi connectivity index (χ2v) is 1.84. The van der Waals surface area contributed by atoms with E-state index in [1.807, 2.05) is 0 Å². The van der Waals surface area contributed by atoms with Gasteiger partial charge in [0, 0.05) is 0 Å². The standard InChI is InChI=1S/C2H5O3.Al.2H/c1-2(3,4)5;;;/h3-5H,1H2;;;. The molecule has 0 spiro atoms. The van der Waals surface area contributed by atoms with Gasteiger partial charge in [-0.05, 0) is 5.28 Å². The van der Waals surface area contributed by atoms with Crippen LogP contribution in [0.15, 0.2) is 0 Å². The summed E-state index contributed by atoms with van der Waals surface area (Å²) in [4.78, 5) is 0. The minimum Gasteiger partial charge on any atom is -0.345 e. The molecule has 3 nitrogen and oxygen atoms in total. The zero-order valence-electron chi connectivity index (χ0n) is 3.55. The third-order valence-corrected chi connectivity index (χ3v) is 1.42. The van der Waals surface area contributed by atoms with Crippen LogP contribution >= 0.6 is 0 Å².